The molecule has 2 nitrogen and oxygen atoms in total. The lowest BCUT2D eigenvalue weighted by Gasteiger charge is -2.21. The Morgan fingerprint density at radius 1 is 1.17 bits per heavy atom. The summed E-state index contributed by atoms with van der Waals surface area (Å²) in [6.07, 6.45) is -4.74. The third-order valence-electron chi connectivity index (χ3n) is 1.91. The van der Waals surface area contributed by atoms with E-state index in [0.29, 0.717) is 18.2 Å². The maximum atomic E-state index is 13.0. The van der Waals surface area contributed by atoms with E-state index in [4.69, 9.17) is 4.74 Å². The molecule has 0 aliphatic heterocycles. The summed E-state index contributed by atoms with van der Waals surface area (Å²) in [5.41, 5.74) is -2.98. The van der Waals surface area contributed by atoms with Gasteiger partial charge in [0.05, 0.1) is 11.1 Å². The van der Waals surface area contributed by atoms with Gasteiger partial charge >= 0.3 is 12.1 Å². The number of hydrogen-bond donors (Lipinski definition) is 0. The molecule has 0 unspecified atom stereocenters. The van der Waals surface area contributed by atoms with Crippen LogP contribution < -0.4 is 0 Å². The van der Waals surface area contributed by atoms with Crippen LogP contribution in [0.3, 0.4) is 0 Å². The van der Waals surface area contributed by atoms with Gasteiger partial charge in [-0.2, -0.15) is 13.2 Å². The van der Waals surface area contributed by atoms with Gasteiger partial charge in [0.1, 0.15) is 11.4 Å². The summed E-state index contributed by atoms with van der Waals surface area (Å²) in [5, 5.41) is 0. The summed E-state index contributed by atoms with van der Waals surface area (Å²) in [6, 6.07) is 1.70. The number of carbonyl (C=O) groups is 1. The molecule has 0 spiro atoms. The Balaban J connectivity index is 3.22. The normalized spacial score (nSPS) is 12.4. The minimum absolute atomic E-state index is 0.522. The van der Waals surface area contributed by atoms with E-state index in [1.54, 1.807) is 0 Å². The molecule has 0 heterocycles. The van der Waals surface area contributed by atoms with Crippen LogP contribution in [0.4, 0.5) is 17.6 Å². The Labute approximate surface area is 102 Å². The van der Waals surface area contributed by atoms with Crippen molar-refractivity contribution in [1.82, 2.24) is 0 Å². The summed E-state index contributed by atoms with van der Waals surface area (Å²) in [5.74, 6) is -2.13. The Kier molecular flexibility index (Phi) is 3.69. The van der Waals surface area contributed by atoms with Crippen molar-refractivity contribution in [2.24, 2.45) is 0 Å². The van der Waals surface area contributed by atoms with Crippen molar-refractivity contribution in [1.29, 1.82) is 0 Å². The van der Waals surface area contributed by atoms with Crippen LogP contribution in [0, 0.1) is 5.82 Å². The molecule has 1 aromatic carbocycles. The molecule has 0 fully saturated rings. The fraction of sp³-hybridized carbons (Fsp3) is 0.417. The van der Waals surface area contributed by atoms with Gasteiger partial charge in [0, 0.05) is 0 Å². The molecule has 1 aromatic rings. The monoisotopic (exact) mass is 264 g/mol. The van der Waals surface area contributed by atoms with Gasteiger partial charge in [0.2, 0.25) is 0 Å². The average molecular weight is 264 g/mol. The predicted octanol–water partition coefficient (Wildman–Crippen LogP) is 3.80. The molecular weight excluding hydrogens is 252 g/mol. The standard InChI is InChI=1S/C12H12F4O2/c1-11(2,3)18-10(17)8-6-7(13)4-5-9(8)12(14,15)16/h4-6H,1-3H3. The van der Waals surface area contributed by atoms with Gasteiger partial charge in [-0.05, 0) is 39.0 Å². The van der Waals surface area contributed by atoms with E-state index >= 15 is 0 Å². The highest BCUT2D eigenvalue weighted by Crippen LogP contribution is 2.33. The van der Waals surface area contributed by atoms with Crippen molar-refractivity contribution < 1.29 is 27.1 Å². The molecule has 6 heteroatoms. The second-order valence-electron chi connectivity index (χ2n) is 4.69. The van der Waals surface area contributed by atoms with E-state index in [9.17, 15) is 22.4 Å². The molecule has 0 aromatic heterocycles. The number of carbonyl (C=O) groups excluding carboxylic acids is 1. The minimum atomic E-state index is -4.74. The Bertz CT molecular complexity index is 458. The average Bonchev–Trinajstić information content (AvgIpc) is 2.12. The van der Waals surface area contributed by atoms with Crippen LogP contribution in [0.2, 0.25) is 0 Å². The molecule has 100 valence electrons. The zero-order chi connectivity index (χ0) is 14.1. The molecule has 0 N–H and O–H groups in total. The Hall–Kier alpha value is -1.59. The number of halogens is 4. The highest BCUT2D eigenvalue weighted by Gasteiger charge is 2.36. The zero-order valence-electron chi connectivity index (χ0n) is 10.1. The van der Waals surface area contributed by atoms with Crippen LogP contribution in [-0.2, 0) is 10.9 Å². The first-order valence-corrected chi connectivity index (χ1v) is 5.11. The highest BCUT2D eigenvalue weighted by molar-refractivity contribution is 5.91. The van der Waals surface area contributed by atoms with Crippen LogP contribution in [0.5, 0.6) is 0 Å². The summed E-state index contributed by atoms with van der Waals surface area (Å²) in [4.78, 5) is 11.6. The van der Waals surface area contributed by atoms with E-state index in [1.165, 1.54) is 20.8 Å². The van der Waals surface area contributed by atoms with E-state index in [1.807, 2.05) is 0 Å². The molecule has 0 saturated heterocycles. The molecule has 0 aliphatic rings. The number of esters is 1. The third kappa shape index (κ3) is 3.72. The molecule has 0 radical (unpaired) electrons. The molecule has 0 saturated carbocycles. The molecule has 0 atom stereocenters. The van der Waals surface area contributed by atoms with Gasteiger partial charge < -0.3 is 4.74 Å². The highest BCUT2D eigenvalue weighted by atomic mass is 19.4. The van der Waals surface area contributed by atoms with Crippen LogP contribution in [0.25, 0.3) is 0 Å². The lowest BCUT2D eigenvalue weighted by atomic mass is 10.1. The topological polar surface area (TPSA) is 26.3 Å². The lowest BCUT2D eigenvalue weighted by Crippen LogP contribution is -2.25. The fourth-order valence-corrected chi connectivity index (χ4v) is 1.27. The quantitative estimate of drug-likeness (QED) is 0.569. The van der Waals surface area contributed by atoms with Crippen molar-refractivity contribution in [3.63, 3.8) is 0 Å². The van der Waals surface area contributed by atoms with Crippen LogP contribution in [0.1, 0.15) is 36.7 Å². The maximum absolute atomic E-state index is 13.0. The zero-order valence-corrected chi connectivity index (χ0v) is 10.1. The van der Waals surface area contributed by atoms with Crippen molar-refractivity contribution >= 4 is 5.97 Å². The van der Waals surface area contributed by atoms with Gasteiger partial charge in [0.25, 0.3) is 0 Å². The Morgan fingerprint density at radius 3 is 2.17 bits per heavy atom. The molecule has 18 heavy (non-hydrogen) atoms. The van der Waals surface area contributed by atoms with E-state index < -0.39 is 34.7 Å². The number of hydrogen-bond acceptors (Lipinski definition) is 2. The van der Waals surface area contributed by atoms with Crippen molar-refractivity contribution in [2.45, 2.75) is 32.5 Å². The van der Waals surface area contributed by atoms with E-state index in [0.717, 1.165) is 0 Å². The molecule has 1 rings (SSSR count). The summed E-state index contributed by atoms with van der Waals surface area (Å²) in [6.45, 7) is 4.53. The van der Waals surface area contributed by atoms with Crippen LogP contribution >= 0.6 is 0 Å². The third-order valence-corrected chi connectivity index (χ3v) is 1.91. The smallest absolute Gasteiger partial charge is 0.417 e. The first-order chi connectivity index (χ1) is 8.00. The molecular formula is C12H12F4O2. The first-order valence-electron chi connectivity index (χ1n) is 5.11. The van der Waals surface area contributed by atoms with Gasteiger partial charge in [-0.3, -0.25) is 0 Å². The second kappa shape index (κ2) is 4.59. The largest absolute Gasteiger partial charge is 0.456 e. The van der Waals surface area contributed by atoms with Crippen molar-refractivity contribution in [3.8, 4) is 0 Å². The number of rotatable bonds is 1. The molecule has 0 bridgehead atoms. The summed E-state index contributed by atoms with van der Waals surface area (Å²) < 4.78 is 55.7. The minimum Gasteiger partial charge on any atom is -0.456 e. The molecule has 0 aliphatic carbocycles. The maximum Gasteiger partial charge on any atom is 0.417 e. The van der Waals surface area contributed by atoms with E-state index in [2.05, 4.69) is 0 Å². The Morgan fingerprint density at radius 2 is 1.72 bits per heavy atom. The van der Waals surface area contributed by atoms with E-state index in [-0.39, 0.29) is 0 Å². The summed E-state index contributed by atoms with van der Waals surface area (Å²) >= 11 is 0. The molecule has 0 amide bonds. The lowest BCUT2D eigenvalue weighted by molar-refractivity contribution is -0.138. The fourth-order valence-electron chi connectivity index (χ4n) is 1.27. The number of benzene rings is 1. The van der Waals surface area contributed by atoms with Gasteiger partial charge in [0.15, 0.2) is 0 Å². The SMILES string of the molecule is CC(C)(C)OC(=O)c1cc(F)ccc1C(F)(F)F. The second-order valence-corrected chi connectivity index (χ2v) is 4.69. The predicted molar refractivity (Wildman–Crippen MR) is 56.6 cm³/mol. The van der Waals surface area contributed by atoms with Crippen LogP contribution in [-0.4, -0.2) is 11.6 Å². The summed E-state index contributed by atoms with van der Waals surface area (Å²) in [7, 11) is 0. The number of alkyl halides is 3. The van der Waals surface area contributed by atoms with Crippen LogP contribution in [0.15, 0.2) is 18.2 Å². The van der Waals surface area contributed by atoms with Crippen molar-refractivity contribution in [2.75, 3.05) is 0 Å². The number of ether oxygens (including phenoxy) is 1. The van der Waals surface area contributed by atoms with Gasteiger partial charge in [-0.25, -0.2) is 9.18 Å². The van der Waals surface area contributed by atoms with Gasteiger partial charge in [-0.1, -0.05) is 0 Å². The van der Waals surface area contributed by atoms with Crippen molar-refractivity contribution in [3.05, 3.63) is 35.1 Å². The first kappa shape index (κ1) is 14.5. The van der Waals surface area contributed by atoms with Gasteiger partial charge in [-0.15, -0.1) is 0 Å².